The van der Waals surface area contributed by atoms with E-state index in [1.807, 2.05) is 48.5 Å². The maximum atomic E-state index is 5.60. The number of benzene rings is 2. The Morgan fingerprint density at radius 1 is 1.03 bits per heavy atom. The van der Waals surface area contributed by atoms with Crippen molar-refractivity contribution in [2.45, 2.75) is 10.1 Å². The average molecular weight is 427 g/mol. The number of oxazole rings is 1. The summed E-state index contributed by atoms with van der Waals surface area (Å²) < 4.78 is 16.9. The van der Waals surface area contributed by atoms with Crippen LogP contribution in [0.5, 0.6) is 11.5 Å². The minimum atomic E-state index is 0.584. The average Bonchev–Trinajstić information content (AvgIpc) is 3.42. The van der Waals surface area contributed by atoms with Gasteiger partial charge in [-0.05, 0) is 36.4 Å². The Morgan fingerprint density at radius 3 is 2.66 bits per heavy atom. The Labute approximate surface area is 176 Å². The molecule has 9 heteroatoms. The molecule has 1 N–H and O–H groups in total. The summed E-state index contributed by atoms with van der Waals surface area (Å²) in [5.74, 6) is 2.81. The third kappa shape index (κ3) is 4.87. The van der Waals surface area contributed by atoms with Crippen molar-refractivity contribution in [3.8, 4) is 23.0 Å². The predicted molar refractivity (Wildman–Crippen MR) is 114 cm³/mol. The highest BCUT2D eigenvalue weighted by atomic mass is 32.2. The summed E-state index contributed by atoms with van der Waals surface area (Å²) in [6.07, 6.45) is 1.67. The molecule has 7 nitrogen and oxygen atoms in total. The number of rotatable bonds is 8. The molecule has 0 radical (unpaired) electrons. The number of methoxy groups -OCH3 is 2. The number of nitrogens with one attached hydrogen (secondary N) is 1. The van der Waals surface area contributed by atoms with Gasteiger partial charge in [0.15, 0.2) is 4.34 Å². The van der Waals surface area contributed by atoms with Crippen LogP contribution in [0.2, 0.25) is 0 Å². The Kier molecular flexibility index (Phi) is 5.97. The predicted octanol–water partition coefficient (Wildman–Crippen LogP) is 5.25. The Bertz CT molecular complexity index is 1080. The molecule has 0 spiro atoms. The van der Waals surface area contributed by atoms with Crippen molar-refractivity contribution in [1.82, 2.24) is 15.2 Å². The van der Waals surface area contributed by atoms with E-state index in [9.17, 15) is 0 Å². The molecule has 0 aliphatic carbocycles. The molecule has 4 rings (SSSR count). The number of thioether (sulfide) groups is 1. The Morgan fingerprint density at radius 2 is 1.86 bits per heavy atom. The second-order valence-electron chi connectivity index (χ2n) is 5.89. The molecule has 2 aromatic carbocycles. The number of ether oxygens (including phenoxy) is 2. The Hall–Kier alpha value is -3.04. The third-order valence-electron chi connectivity index (χ3n) is 3.96. The highest BCUT2D eigenvalue weighted by molar-refractivity contribution is 8.00. The SMILES string of the molecule is COc1ccc(-c2nc(CSc3nnc(Nc4cccc(OC)c4)s3)co2)cc1. The van der Waals surface area contributed by atoms with Gasteiger partial charge in [0.25, 0.3) is 0 Å². The molecule has 2 heterocycles. The van der Waals surface area contributed by atoms with E-state index in [4.69, 9.17) is 13.9 Å². The van der Waals surface area contributed by atoms with E-state index in [2.05, 4.69) is 20.5 Å². The molecular weight excluding hydrogens is 408 g/mol. The lowest BCUT2D eigenvalue weighted by Gasteiger charge is -2.04. The maximum absolute atomic E-state index is 5.60. The van der Waals surface area contributed by atoms with Gasteiger partial charge in [-0.1, -0.05) is 29.2 Å². The molecule has 0 saturated heterocycles. The van der Waals surface area contributed by atoms with Gasteiger partial charge in [0, 0.05) is 23.1 Å². The van der Waals surface area contributed by atoms with Crippen LogP contribution in [-0.2, 0) is 5.75 Å². The maximum Gasteiger partial charge on any atom is 0.226 e. The van der Waals surface area contributed by atoms with Crippen LogP contribution in [0, 0.1) is 0 Å². The fourth-order valence-electron chi connectivity index (χ4n) is 2.52. The lowest BCUT2D eigenvalue weighted by molar-refractivity contribution is 0.415. The van der Waals surface area contributed by atoms with Gasteiger partial charge in [0.05, 0.1) is 19.9 Å². The molecule has 0 fully saturated rings. The van der Waals surface area contributed by atoms with E-state index in [1.165, 1.54) is 11.3 Å². The lowest BCUT2D eigenvalue weighted by atomic mass is 10.2. The first kappa shape index (κ1) is 19.3. The first-order chi connectivity index (χ1) is 14.2. The van der Waals surface area contributed by atoms with Crippen LogP contribution in [0.1, 0.15) is 5.69 Å². The zero-order valence-electron chi connectivity index (χ0n) is 15.8. The highest BCUT2D eigenvalue weighted by Gasteiger charge is 2.10. The van der Waals surface area contributed by atoms with Crippen LogP contribution in [0.3, 0.4) is 0 Å². The van der Waals surface area contributed by atoms with Crippen LogP contribution in [-0.4, -0.2) is 29.4 Å². The minimum Gasteiger partial charge on any atom is -0.497 e. The molecule has 29 heavy (non-hydrogen) atoms. The number of nitrogens with zero attached hydrogens (tertiary/aromatic N) is 3. The number of hydrogen-bond acceptors (Lipinski definition) is 9. The monoisotopic (exact) mass is 426 g/mol. The van der Waals surface area contributed by atoms with Gasteiger partial charge in [0.2, 0.25) is 11.0 Å². The summed E-state index contributed by atoms with van der Waals surface area (Å²) in [6.45, 7) is 0. The molecular formula is C20H18N4O3S2. The summed E-state index contributed by atoms with van der Waals surface area (Å²) >= 11 is 3.05. The van der Waals surface area contributed by atoms with Gasteiger partial charge in [-0.2, -0.15) is 0 Å². The molecule has 0 bridgehead atoms. The van der Waals surface area contributed by atoms with Gasteiger partial charge in [0.1, 0.15) is 17.8 Å². The number of aromatic nitrogens is 3. The lowest BCUT2D eigenvalue weighted by Crippen LogP contribution is -1.90. The van der Waals surface area contributed by atoms with Crippen molar-refractivity contribution in [2.75, 3.05) is 19.5 Å². The van der Waals surface area contributed by atoms with E-state index >= 15 is 0 Å². The van der Waals surface area contributed by atoms with Gasteiger partial charge >= 0.3 is 0 Å². The number of anilines is 2. The highest BCUT2D eigenvalue weighted by Crippen LogP contribution is 2.31. The Balaban J connectivity index is 1.35. The molecule has 0 atom stereocenters. The zero-order chi connectivity index (χ0) is 20.1. The zero-order valence-corrected chi connectivity index (χ0v) is 17.4. The molecule has 4 aromatic rings. The van der Waals surface area contributed by atoms with E-state index in [0.717, 1.165) is 37.9 Å². The first-order valence-electron chi connectivity index (χ1n) is 8.70. The quantitative estimate of drug-likeness (QED) is 0.383. The van der Waals surface area contributed by atoms with Crippen LogP contribution in [0.4, 0.5) is 10.8 Å². The summed E-state index contributed by atoms with van der Waals surface area (Å²) in [7, 11) is 3.28. The molecule has 0 aliphatic heterocycles. The fourth-order valence-corrected chi connectivity index (χ4v) is 4.17. The van der Waals surface area contributed by atoms with Crippen LogP contribution < -0.4 is 14.8 Å². The smallest absolute Gasteiger partial charge is 0.226 e. The van der Waals surface area contributed by atoms with Crippen molar-refractivity contribution < 1.29 is 13.9 Å². The van der Waals surface area contributed by atoms with E-state index < -0.39 is 0 Å². The topological polar surface area (TPSA) is 82.3 Å². The molecule has 2 aromatic heterocycles. The second-order valence-corrected chi connectivity index (χ2v) is 8.09. The fraction of sp³-hybridized carbons (Fsp3) is 0.150. The van der Waals surface area contributed by atoms with Crippen molar-refractivity contribution in [3.63, 3.8) is 0 Å². The third-order valence-corrected chi connectivity index (χ3v) is 5.97. The van der Waals surface area contributed by atoms with Crippen LogP contribution in [0.15, 0.2) is 63.6 Å². The standard InChI is InChI=1S/C20H18N4O3S2/c1-25-16-8-6-13(7-9-16)18-21-15(11-27-18)12-28-20-24-23-19(29-20)22-14-4-3-5-17(10-14)26-2/h3-11H,12H2,1-2H3,(H,22,23). The largest absolute Gasteiger partial charge is 0.497 e. The molecule has 0 saturated carbocycles. The van der Waals surface area contributed by atoms with Crippen molar-refractivity contribution in [3.05, 3.63) is 60.5 Å². The van der Waals surface area contributed by atoms with Crippen molar-refractivity contribution in [1.29, 1.82) is 0 Å². The minimum absolute atomic E-state index is 0.584. The summed E-state index contributed by atoms with van der Waals surface area (Å²) in [4.78, 5) is 4.54. The molecule has 0 amide bonds. The van der Waals surface area contributed by atoms with Crippen LogP contribution >= 0.6 is 23.1 Å². The van der Waals surface area contributed by atoms with Gasteiger partial charge < -0.3 is 19.2 Å². The van der Waals surface area contributed by atoms with E-state index in [1.54, 1.807) is 32.2 Å². The molecule has 148 valence electrons. The van der Waals surface area contributed by atoms with Crippen molar-refractivity contribution >= 4 is 33.9 Å². The number of hydrogen-bond donors (Lipinski definition) is 1. The van der Waals surface area contributed by atoms with Gasteiger partial charge in [-0.3, -0.25) is 0 Å². The van der Waals surface area contributed by atoms with Gasteiger partial charge in [-0.15, -0.1) is 10.2 Å². The molecule has 0 unspecified atom stereocenters. The van der Waals surface area contributed by atoms with Crippen LogP contribution in [0.25, 0.3) is 11.5 Å². The molecule has 0 aliphatic rings. The van der Waals surface area contributed by atoms with E-state index in [0.29, 0.717) is 11.6 Å². The summed E-state index contributed by atoms with van der Waals surface area (Å²) in [5.41, 5.74) is 2.65. The second kappa shape index (κ2) is 8.97. The van der Waals surface area contributed by atoms with Gasteiger partial charge in [-0.25, -0.2) is 4.98 Å². The normalized spacial score (nSPS) is 10.7. The first-order valence-corrected chi connectivity index (χ1v) is 10.5. The summed E-state index contributed by atoms with van der Waals surface area (Å²) in [5, 5.41) is 12.4. The van der Waals surface area contributed by atoms with Crippen molar-refractivity contribution in [2.24, 2.45) is 0 Å². The summed E-state index contributed by atoms with van der Waals surface area (Å²) in [6, 6.07) is 15.3. The van der Waals surface area contributed by atoms with E-state index in [-0.39, 0.29) is 0 Å².